The van der Waals surface area contributed by atoms with E-state index in [1.165, 1.54) is 6.08 Å². The molecule has 0 aromatic heterocycles. The van der Waals surface area contributed by atoms with Crippen LogP contribution in [0.4, 0.5) is 0 Å². The molecule has 0 unspecified atom stereocenters. The summed E-state index contributed by atoms with van der Waals surface area (Å²) in [5.41, 5.74) is -4.11. The summed E-state index contributed by atoms with van der Waals surface area (Å²) in [7, 11) is 1.10. The molecule has 5 aliphatic rings. The highest BCUT2D eigenvalue weighted by atomic mass is 16.6. The number of carbonyl (C=O) groups is 4. The van der Waals surface area contributed by atoms with E-state index in [0.29, 0.717) is 12.0 Å². The van der Waals surface area contributed by atoms with Gasteiger partial charge in [-0.05, 0) is 43.1 Å². The lowest BCUT2D eigenvalue weighted by Crippen LogP contribution is -2.79. The van der Waals surface area contributed by atoms with Crippen LogP contribution in [0, 0.1) is 28.6 Å². The Morgan fingerprint density at radius 1 is 1.15 bits per heavy atom. The molecule has 2 saturated carbocycles. The van der Waals surface area contributed by atoms with Gasteiger partial charge < -0.3 is 34.3 Å². The molecule has 3 N–H and O–H groups in total. The molecule has 2 heterocycles. The van der Waals surface area contributed by atoms with Gasteiger partial charge in [-0.1, -0.05) is 39.2 Å². The van der Waals surface area contributed by atoms with Crippen molar-refractivity contribution in [1.82, 2.24) is 0 Å². The van der Waals surface area contributed by atoms with Gasteiger partial charge in [0.1, 0.15) is 12.2 Å². The summed E-state index contributed by atoms with van der Waals surface area (Å²) in [6.45, 7) is 5.32. The predicted octanol–water partition coefficient (Wildman–Crippen LogP) is 2.08. The molecule has 2 aliphatic heterocycles. The van der Waals surface area contributed by atoms with Crippen LogP contribution < -0.4 is 0 Å². The van der Waals surface area contributed by atoms with Crippen LogP contribution in [-0.2, 0) is 38.1 Å². The van der Waals surface area contributed by atoms with Gasteiger partial charge in [0.25, 0.3) is 0 Å². The molecule has 11 heteroatoms. The fourth-order valence-electron chi connectivity index (χ4n) is 8.89. The maximum Gasteiger partial charge on any atom is 0.348 e. The molecule has 3 aliphatic carbocycles. The molecule has 1 spiro atoms. The highest BCUT2D eigenvalue weighted by Gasteiger charge is 2.85. The fourth-order valence-corrected chi connectivity index (χ4v) is 8.89. The number of aliphatic hydroxyl groups excluding tert-OH is 3. The van der Waals surface area contributed by atoms with Crippen molar-refractivity contribution in [3.8, 4) is 0 Å². The van der Waals surface area contributed by atoms with Gasteiger partial charge in [0, 0.05) is 23.8 Å². The van der Waals surface area contributed by atoms with Crippen molar-refractivity contribution in [3.63, 3.8) is 0 Å². The second-order valence-electron chi connectivity index (χ2n) is 12.5. The van der Waals surface area contributed by atoms with Gasteiger partial charge >= 0.3 is 17.9 Å². The lowest BCUT2D eigenvalue weighted by molar-refractivity contribution is -0.290. The zero-order chi connectivity index (χ0) is 29.9. The number of ketones is 1. The van der Waals surface area contributed by atoms with Crippen LogP contribution in [0.25, 0.3) is 0 Å². The number of methoxy groups -OCH3 is 1. The van der Waals surface area contributed by atoms with Crippen LogP contribution in [0.5, 0.6) is 0 Å². The van der Waals surface area contributed by atoms with E-state index in [1.54, 1.807) is 19.9 Å². The number of hydrogen-bond acceptors (Lipinski definition) is 11. The van der Waals surface area contributed by atoms with Gasteiger partial charge in [0.2, 0.25) is 11.7 Å². The number of ether oxygens (including phenoxy) is 4. The normalized spacial score (nSPS) is 42.9. The van der Waals surface area contributed by atoms with Crippen molar-refractivity contribution in [2.24, 2.45) is 28.6 Å². The Bertz CT molecular complexity index is 1190. The van der Waals surface area contributed by atoms with E-state index in [4.69, 9.17) is 18.9 Å². The van der Waals surface area contributed by atoms with Crippen LogP contribution in [0.15, 0.2) is 23.5 Å². The lowest BCUT2D eigenvalue weighted by atomic mass is 9.38. The third kappa shape index (κ3) is 4.02. The van der Waals surface area contributed by atoms with Gasteiger partial charge in [0.05, 0.1) is 25.7 Å². The number of aliphatic hydroxyl groups is 3. The van der Waals surface area contributed by atoms with Gasteiger partial charge in [-0.2, -0.15) is 0 Å². The molecule has 0 aromatic carbocycles. The van der Waals surface area contributed by atoms with Gasteiger partial charge in [-0.3, -0.25) is 4.79 Å². The minimum Gasteiger partial charge on any atom is -0.504 e. The second-order valence-corrected chi connectivity index (χ2v) is 12.5. The van der Waals surface area contributed by atoms with E-state index in [9.17, 15) is 34.5 Å². The third-order valence-corrected chi connectivity index (χ3v) is 10.6. The Balaban J connectivity index is 1.58. The molecule has 226 valence electrons. The van der Waals surface area contributed by atoms with Crippen LogP contribution in [0.1, 0.15) is 65.7 Å². The molecule has 0 aromatic rings. The van der Waals surface area contributed by atoms with Crippen molar-refractivity contribution in [2.75, 3.05) is 13.7 Å². The molecular formula is C30H40O11. The van der Waals surface area contributed by atoms with E-state index in [1.807, 2.05) is 0 Å². The Kier molecular flexibility index (Phi) is 7.61. The quantitative estimate of drug-likeness (QED) is 0.168. The Morgan fingerprint density at radius 3 is 2.56 bits per heavy atom. The van der Waals surface area contributed by atoms with Crippen LogP contribution >= 0.6 is 0 Å². The topological polar surface area (TPSA) is 166 Å². The molecule has 2 saturated heterocycles. The van der Waals surface area contributed by atoms with E-state index >= 15 is 0 Å². The highest BCUT2D eigenvalue weighted by molar-refractivity contribution is 5.95. The number of esters is 3. The maximum atomic E-state index is 13.5. The number of hydrogen-bond donors (Lipinski definition) is 3. The Hall–Kier alpha value is -2.76. The average molecular weight is 577 g/mol. The molecule has 11 nitrogen and oxygen atoms in total. The summed E-state index contributed by atoms with van der Waals surface area (Å²) in [6.07, 6.45) is 1.66. The standard InChI is InChI=1S/C30H40O11/c1-5-6-7-8-9-10-11-19(32)41-22-24-29-14-39-30(24,27(37)38-4)25(35)21(34)23(29)28(3)13-17(31)20(33)15(2)16(28)12-18(29)40-26(22)36/h10-11,16,18,21-25,33-35H,5-9,12-14H2,1-4H3/b11-10+/t16-,18+,21+,22+,23+,24+,25-,28-,29+,30-/m0/s1. The molecule has 4 fully saturated rings. The van der Waals surface area contributed by atoms with Crippen molar-refractivity contribution >= 4 is 23.7 Å². The van der Waals surface area contributed by atoms with E-state index in [-0.39, 0.29) is 25.2 Å². The first-order valence-corrected chi connectivity index (χ1v) is 14.5. The number of allylic oxidation sites excluding steroid dienone is 3. The van der Waals surface area contributed by atoms with Crippen molar-refractivity contribution < 1.29 is 53.4 Å². The summed E-state index contributed by atoms with van der Waals surface area (Å²) in [6, 6.07) is 0. The largest absolute Gasteiger partial charge is 0.504 e. The van der Waals surface area contributed by atoms with Crippen molar-refractivity contribution in [3.05, 3.63) is 23.5 Å². The minimum absolute atomic E-state index is 0.138. The fraction of sp³-hybridized carbons (Fsp3) is 0.733. The van der Waals surface area contributed by atoms with E-state index in [2.05, 4.69) is 6.92 Å². The van der Waals surface area contributed by atoms with Crippen LogP contribution in [-0.4, -0.2) is 82.7 Å². The summed E-state index contributed by atoms with van der Waals surface area (Å²) < 4.78 is 22.7. The number of carbonyl (C=O) groups excluding carboxylic acids is 4. The summed E-state index contributed by atoms with van der Waals surface area (Å²) in [5, 5.41) is 33.8. The number of Topliss-reactive ketones (excluding diaryl/α,β-unsaturated/α-hetero) is 1. The zero-order valence-corrected chi connectivity index (χ0v) is 24.0. The lowest BCUT2D eigenvalue weighted by Gasteiger charge is -2.67. The summed E-state index contributed by atoms with van der Waals surface area (Å²) >= 11 is 0. The number of unbranched alkanes of at least 4 members (excludes halogenated alkanes) is 4. The molecule has 0 amide bonds. The summed E-state index contributed by atoms with van der Waals surface area (Å²) in [4.78, 5) is 52.8. The van der Waals surface area contributed by atoms with Crippen molar-refractivity contribution in [1.29, 1.82) is 0 Å². The average Bonchev–Trinajstić information content (AvgIpc) is 3.24. The first-order chi connectivity index (χ1) is 19.4. The molecule has 5 rings (SSSR count). The first kappa shape index (κ1) is 29.7. The molecule has 10 atom stereocenters. The van der Waals surface area contributed by atoms with Gasteiger partial charge in [-0.25, -0.2) is 14.4 Å². The third-order valence-electron chi connectivity index (χ3n) is 10.6. The Labute approximate surface area is 238 Å². The summed E-state index contributed by atoms with van der Waals surface area (Å²) in [5.74, 6) is -6.23. The van der Waals surface area contributed by atoms with Crippen molar-refractivity contribution in [2.45, 2.75) is 95.7 Å². The molecular weight excluding hydrogens is 536 g/mol. The monoisotopic (exact) mass is 576 g/mol. The van der Waals surface area contributed by atoms with Gasteiger partial charge in [0.15, 0.2) is 11.5 Å². The second kappa shape index (κ2) is 10.5. The highest BCUT2D eigenvalue weighted by Crippen LogP contribution is 2.72. The predicted molar refractivity (Wildman–Crippen MR) is 141 cm³/mol. The number of fused-ring (bicyclic) bond motifs is 2. The molecule has 0 radical (unpaired) electrons. The maximum absolute atomic E-state index is 13.5. The smallest absolute Gasteiger partial charge is 0.348 e. The van der Waals surface area contributed by atoms with Crippen LogP contribution in [0.2, 0.25) is 0 Å². The first-order valence-electron chi connectivity index (χ1n) is 14.5. The molecule has 41 heavy (non-hydrogen) atoms. The van der Waals surface area contributed by atoms with Crippen LogP contribution in [0.3, 0.4) is 0 Å². The van der Waals surface area contributed by atoms with E-state index < -0.39 is 82.3 Å². The molecule has 2 bridgehead atoms. The van der Waals surface area contributed by atoms with Gasteiger partial charge in [-0.15, -0.1) is 0 Å². The number of rotatable bonds is 8. The zero-order valence-electron chi connectivity index (χ0n) is 24.0. The van der Waals surface area contributed by atoms with E-state index in [0.717, 1.165) is 32.8 Å². The SMILES string of the molecule is CCCCCC/C=C/C(=O)O[C@H]1C(=O)O[C@@H]2C[C@H]3C(C)=C(O)C(=O)C[C@]3(C)[C@H]3[C@@H](O)[C@H](O)[C@@]4(C(=O)OC)OC[C@]32[C@@H]14. The minimum atomic E-state index is -2.22. The Morgan fingerprint density at radius 2 is 1.88 bits per heavy atom.